The molecule has 2 aromatic rings. The molecule has 2 nitrogen and oxygen atoms in total. The van der Waals surface area contributed by atoms with Gasteiger partial charge < -0.3 is 11.5 Å². The molecular formula is C12H11F3N2S. The third-order valence-corrected chi connectivity index (χ3v) is 3.36. The van der Waals surface area contributed by atoms with E-state index in [9.17, 15) is 13.2 Å². The summed E-state index contributed by atoms with van der Waals surface area (Å²) in [5.41, 5.74) is 11.2. The monoisotopic (exact) mass is 272 g/mol. The SMILES string of the molecule is NCC(N)c1ccc(-c2csc(F)c2)c(F)c1F. The van der Waals surface area contributed by atoms with Crippen molar-refractivity contribution >= 4 is 11.3 Å². The van der Waals surface area contributed by atoms with Crippen molar-refractivity contribution < 1.29 is 13.2 Å². The number of hydrogen-bond acceptors (Lipinski definition) is 3. The van der Waals surface area contributed by atoms with Gasteiger partial charge in [0, 0.05) is 29.1 Å². The highest BCUT2D eigenvalue weighted by atomic mass is 32.1. The molecule has 0 fully saturated rings. The van der Waals surface area contributed by atoms with E-state index in [-0.39, 0.29) is 17.7 Å². The van der Waals surface area contributed by atoms with Crippen LogP contribution in [0.25, 0.3) is 11.1 Å². The van der Waals surface area contributed by atoms with Gasteiger partial charge in [-0.3, -0.25) is 0 Å². The zero-order valence-corrected chi connectivity index (χ0v) is 10.1. The molecule has 0 saturated carbocycles. The molecule has 18 heavy (non-hydrogen) atoms. The Morgan fingerprint density at radius 1 is 1.17 bits per heavy atom. The van der Waals surface area contributed by atoms with Gasteiger partial charge in [-0.2, -0.15) is 4.39 Å². The van der Waals surface area contributed by atoms with Crippen LogP contribution in [0.1, 0.15) is 11.6 Å². The van der Waals surface area contributed by atoms with Crippen molar-refractivity contribution in [1.29, 1.82) is 0 Å². The molecule has 0 amide bonds. The summed E-state index contributed by atoms with van der Waals surface area (Å²) in [4.78, 5) is 0. The van der Waals surface area contributed by atoms with Gasteiger partial charge in [-0.15, -0.1) is 11.3 Å². The Bertz CT molecular complexity index is 568. The molecule has 1 unspecified atom stereocenters. The van der Waals surface area contributed by atoms with Gasteiger partial charge in [0.15, 0.2) is 16.8 Å². The highest BCUT2D eigenvalue weighted by Gasteiger charge is 2.18. The summed E-state index contributed by atoms with van der Waals surface area (Å²) in [5.74, 6) is -2.06. The van der Waals surface area contributed by atoms with Gasteiger partial charge in [0.25, 0.3) is 0 Å². The quantitative estimate of drug-likeness (QED) is 0.902. The second-order valence-electron chi connectivity index (χ2n) is 3.81. The number of benzene rings is 1. The van der Waals surface area contributed by atoms with Crippen LogP contribution in [0.15, 0.2) is 23.6 Å². The zero-order valence-electron chi connectivity index (χ0n) is 9.29. The Kier molecular flexibility index (Phi) is 3.70. The van der Waals surface area contributed by atoms with Gasteiger partial charge in [0.2, 0.25) is 0 Å². The zero-order chi connectivity index (χ0) is 13.3. The first-order chi connectivity index (χ1) is 8.54. The van der Waals surface area contributed by atoms with Crippen LogP contribution in [-0.4, -0.2) is 6.54 Å². The first-order valence-electron chi connectivity index (χ1n) is 5.22. The molecule has 0 bridgehead atoms. The summed E-state index contributed by atoms with van der Waals surface area (Å²) in [5, 5.41) is 0.975. The molecule has 1 atom stereocenters. The van der Waals surface area contributed by atoms with Gasteiger partial charge in [0.05, 0.1) is 0 Å². The normalized spacial score (nSPS) is 12.7. The van der Waals surface area contributed by atoms with Crippen LogP contribution in [-0.2, 0) is 0 Å². The molecule has 6 heteroatoms. The Morgan fingerprint density at radius 3 is 2.44 bits per heavy atom. The number of thiophene rings is 1. The molecule has 1 aromatic carbocycles. The molecule has 0 aliphatic rings. The maximum Gasteiger partial charge on any atom is 0.177 e. The van der Waals surface area contributed by atoms with Crippen LogP contribution in [0.4, 0.5) is 13.2 Å². The van der Waals surface area contributed by atoms with Gasteiger partial charge in [-0.25, -0.2) is 8.78 Å². The fraction of sp³-hybridized carbons (Fsp3) is 0.167. The summed E-state index contributed by atoms with van der Waals surface area (Å²) in [6, 6.07) is 3.16. The summed E-state index contributed by atoms with van der Waals surface area (Å²) in [7, 11) is 0. The average molecular weight is 272 g/mol. The summed E-state index contributed by atoms with van der Waals surface area (Å²) < 4.78 is 40.5. The number of rotatable bonds is 3. The minimum absolute atomic E-state index is 0.0145. The van der Waals surface area contributed by atoms with E-state index in [1.54, 1.807) is 0 Å². The molecular weight excluding hydrogens is 261 g/mol. The van der Waals surface area contributed by atoms with Crippen molar-refractivity contribution in [2.24, 2.45) is 11.5 Å². The lowest BCUT2D eigenvalue weighted by atomic mass is 10.0. The Morgan fingerprint density at radius 2 is 1.89 bits per heavy atom. The molecule has 0 saturated heterocycles. The van der Waals surface area contributed by atoms with Crippen molar-refractivity contribution in [2.45, 2.75) is 6.04 Å². The molecule has 0 radical (unpaired) electrons. The largest absolute Gasteiger partial charge is 0.329 e. The summed E-state index contributed by atoms with van der Waals surface area (Å²) in [6.07, 6.45) is 0. The molecule has 0 aliphatic carbocycles. The van der Waals surface area contributed by atoms with Crippen LogP contribution in [0.3, 0.4) is 0 Å². The Hall–Kier alpha value is -1.37. The third-order valence-electron chi connectivity index (χ3n) is 2.64. The molecule has 96 valence electrons. The van der Waals surface area contributed by atoms with E-state index in [0.29, 0.717) is 5.56 Å². The second kappa shape index (κ2) is 5.09. The molecule has 4 N–H and O–H groups in total. The van der Waals surface area contributed by atoms with E-state index in [1.165, 1.54) is 17.5 Å². The van der Waals surface area contributed by atoms with E-state index in [0.717, 1.165) is 17.4 Å². The molecule has 1 heterocycles. The Labute approximate surface area is 106 Å². The van der Waals surface area contributed by atoms with E-state index < -0.39 is 22.8 Å². The fourth-order valence-corrected chi connectivity index (χ4v) is 2.28. The van der Waals surface area contributed by atoms with Gasteiger partial charge in [-0.05, 0) is 11.6 Å². The predicted octanol–water partition coefficient (Wildman–Crippen LogP) is 2.79. The minimum Gasteiger partial charge on any atom is -0.329 e. The van der Waals surface area contributed by atoms with Gasteiger partial charge in [0.1, 0.15) is 0 Å². The van der Waals surface area contributed by atoms with Gasteiger partial charge >= 0.3 is 0 Å². The van der Waals surface area contributed by atoms with Crippen LogP contribution in [0.5, 0.6) is 0 Å². The molecule has 2 rings (SSSR count). The number of nitrogens with two attached hydrogens (primary N) is 2. The third kappa shape index (κ3) is 2.27. The van der Waals surface area contributed by atoms with Crippen molar-refractivity contribution in [2.75, 3.05) is 6.54 Å². The minimum atomic E-state index is -1.03. The second-order valence-corrected chi connectivity index (χ2v) is 4.67. The van der Waals surface area contributed by atoms with Crippen molar-refractivity contribution in [1.82, 2.24) is 0 Å². The lowest BCUT2D eigenvalue weighted by Gasteiger charge is -2.12. The van der Waals surface area contributed by atoms with Crippen LogP contribution in [0, 0.1) is 16.8 Å². The van der Waals surface area contributed by atoms with E-state index in [4.69, 9.17) is 11.5 Å². The molecule has 0 spiro atoms. The summed E-state index contributed by atoms with van der Waals surface area (Å²) in [6.45, 7) is 0.0167. The number of hydrogen-bond donors (Lipinski definition) is 2. The van der Waals surface area contributed by atoms with E-state index >= 15 is 0 Å². The lowest BCUT2D eigenvalue weighted by Crippen LogP contribution is -2.22. The first kappa shape index (κ1) is 13.1. The molecule has 1 aromatic heterocycles. The van der Waals surface area contributed by atoms with Crippen LogP contribution in [0.2, 0.25) is 0 Å². The van der Waals surface area contributed by atoms with Gasteiger partial charge in [-0.1, -0.05) is 12.1 Å². The van der Waals surface area contributed by atoms with Crippen molar-refractivity contribution in [3.63, 3.8) is 0 Å². The lowest BCUT2D eigenvalue weighted by molar-refractivity contribution is 0.491. The first-order valence-corrected chi connectivity index (χ1v) is 6.10. The standard InChI is InChI=1S/C12H11F3N2S/c13-10-3-6(5-18-10)7-1-2-8(9(17)4-16)12(15)11(7)14/h1-3,5,9H,4,16-17H2. The topological polar surface area (TPSA) is 52.0 Å². The van der Waals surface area contributed by atoms with Crippen molar-refractivity contribution in [3.8, 4) is 11.1 Å². The highest BCUT2D eigenvalue weighted by molar-refractivity contribution is 7.08. The van der Waals surface area contributed by atoms with E-state index in [1.807, 2.05) is 0 Å². The van der Waals surface area contributed by atoms with Crippen molar-refractivity contribution in [3.05, 3.63) is 45.9 Å². The number of halogens is 3. The van der Waals surface area contributed by atoms with E-state index in [2.05, 4.69) is 0 Å². The average Bonchev–Trinajstić information content (AvgIpc) is 2.78. The Balaban J connectivity index is 2.50. The highest BCUT2D eigenvalue weighted by Crippen LogP contribution is 2.30. The summed E-state index contributed by atoms with van der Waals surface area (Å²) >= 11 is 0.828. The smallest absolute Gasteiger partial charge is 0.177 e. The fourth-order valence-electron chi connectivity index (χ4n) is 1.65. The maximum atomic E-state index is 13.9. The predicted molar refractivity (Wildman–Crippen MR) is 65.6 cm³/mol. The maximum absolute atomic E-state index is 13.9. The van der Waals surface area contributed by atoms with Crippen LogP contribution < -0.4 is 11.5 Å². The molecule has 0 aliphatic heterocycles. The van der Waals surface area contributed by atoms with Crippen LogP contribution >= 0.6 is 11.3 Å².